The molecule has 0 aromatic heterocycles. The van der Waals surface area contributed by atoms with Crippen molar-refractivity contribution in [3.8, 4) is 17.2 Å². The van der Waals surface area contributed by atoms with Crippen molar-refractivity contribution in [3.05, 3.63) is 54.1 Å². The van der Waals surface area contributed by atoms with Gasteiger partial charge in [0.1, 0.15) is 38.4 Å². The third-order valence-electron chi connectivity index (χ3n) is 7.15. The number of hydrogen-bond acceptors (Lipinski definition) is 14. The quantitative estimate of drug-likeness (QED) is 0.100. The summed E-state index contributed by atoms with van der Waals surface area (Å²) in [5.41, 5.74) is 0.822. The smallest absolute Gasteiger partial charge is 0.295 e. The molecule has 4 aromatic carbocycles. The maximum Gasteiger partial charge on any atom is 0.295 e. The Hall–Kier alpha value is -4.65. The number of hydrogen-bond donors (Lipinski definition) is 4. The average Bonchev–Trinajstić information content (AvgIpc) is 3.03. The Balaban J connectivity index is 1.81. The van der Waals surface area contributed by atoms with Gasteiger partial charge in [0.05, 0.1) is 34.9 Å². The lowest BCUT2D eigenvalue weighted by atomic mass is 10.1. The Morgan fingerprint density at radius 3 is 1.91 bits per heavy atom. The van der Waals surface area contributed by atoms with E-state index in [0.29, 0.717) is 11.1 Å². The van der Waals surface area contributed by atoms with Gasteiger partial charge in [0.2, 0.25) is 0 Å². The number of rotatable bonds is 11. The summed E-state index contributed by atoms with van der Waals surface area (Å²) in [6.45, 7) is 4.25. The third kappa shape index (κ3) is 7.04. The third-order valence-corrected chi connectivity index (χ3v) is 11.7. The van der Waals surface area contributed by atoms with E-state index in [1.54, 1.807) is 25.2 Å². The molecule has 0 aliphatic carbocycles. The Labute approximate surface area is 271 Å². The van der Waals surface area contributed by atoms with E-state index >= 15 is 0 Å². The molecule has 0 aliphatic heterocycles. The number of phenols is 2. The van der Waals surface area contributed by atoms with Crippen LogP contribution >= 0.6 is 0 Å². The molecule has 15 nitrogen and oxygen atoms in total. The fraction of sp³-hybridized carbons (Fsp3) is 0.241. The fourth-order valence-corrected chi connectivity index (χ4v) is 7.85. The van der Waals surface area contributed by atoms with Crippen LogP contribution in [0.2, 0.25) is 0 Å². The monoisotopic (exact) mass is 705 g/mol. The molecule has 0 saturated carbocycles. The van der Waals surface area contributed by atoms with Gasteiger partial charge in [0, 0.05) is 30.0 Å². The Morgan fingerprint density at radius 1 is 0.723 bits per heavy atom. The molecule has 4 rings (SSSR count). The van der Waals surface area contributed by atoms with Crippen LogP contribution in [0.5, 0.6) is 17.2 Å². The summed E-state index contributed by atoms with van der Waals surface area (Å²) in [4.78, 5) is -1.59. The van der Waals surface area contributed by atoms with Crippen LogP contribution in [0.15, 0.2) is 83.7 Å². The van der Waals surface area contributed by atoms with Crippen molar-refractivity contribution in [2.24, 2.45) is 20.5 Å². The summed E-state index contributed by atoms with van der Waals surface area (Å²) < 4.78 is 88.8. The zero-order valence-electron chi connectivity index (χ0n) is 25.7. The fourth-order valence-electron chi connectivity index (χ4n) is 4.50. The molecular formula is C29H31N5O10S3. The van der Waals surface area contributed by atoms with Gasteiger partial charge in [-0.25, -0.2) is 16.8 Å². The molecule has 0 fully saturated rings. The second kappa shape index (κ2) is 13.2. The molecule has 0 aliphatic rings. The minimum atomic E-state index is -4.87. The topological polar surface area (TPSA) is 234 Å². The van der Waals surface area contributed by atoms with E-state index < -0.39 is 51.1 Å². The summed E-state index contributed by atoms with van der Waals surface area (Å²) >= 11 is 0. The van der Waals surface area contributed by atoms with Crippen molar-refractivity contribution in [2.75, 3.05) is 31.0 Å². The van der Waals surface area contributed by atoms with Crippen LogP contribution in [0.3, 0.4) is 0 Å². The zero-order chi connectivity index (χ0) is 34.9. The van der Waals surface area contributed by atoms with Gasteiger partial charge in [-0.15, -0.1) is 15.3 Å². The molecule has 0 unspecified atom stereocenters. The van der Waals surface area contributed by atoms with Gasteiger partial charge in [-0.3, -0.25) is 4.55 Å². The van der Waals surface area contributed by atoms with Gasteiger partial charge >= 0.3 is 0 Å². The van der Waals surface area contributed by atoms with Crippen molar-refractivity contribution < 1.29 is 44.8 Å². The Bertz CT molecular complexity index is 2290. The maximum atomic E-state index is 12.7. The van der Waals surface area contributed by atoms with Crippen LogP contribution in [0.25, 0.3) is 10.8 Å². The summed E-state index contributed by atoms with van der Waals surface area (Å²) in [5, 5.41) is 41.7. The summed E-state index contributed by atoms with van der Waals surface area (Å²) in [5.74, 6) is -1.48. The van der Waals surface area contributed by atoms with E-state index in [-0.39, 0.29) is 55.8 Å². The van der Waals surface area contributed by atoms with E-state index in [1.807, 2.05) is 0 Å². The van der Waals surface area contributed by atoms with Crippen LogP contribution in [0.1, 0.15) is 19.4 Å². The number of anilines is 1. The number of phenolic OH excluding ortho intramolecular Hbond substituents is 2. The van der Waals surface area contributed by atoms with Gasteiger partial charge in [0.15, 0.2) is 25.4 Å². The van der Waals surface area contributed by atoms with E-state index in [4.69, 9.17) is 4.74 Å². The van der Waals surface area contributed by atoms with E-state index in [1.165, 1.54) is 40.0 Å². The van der Waals surface area contributed by atoms with Gasteiger partial charge in [0.25, 0.3) is 10.1 Å². The highest BCUT2D eigenvalue weighted by Crippen LogP contribution is 2.44. The van der Waals surface area contributed by atoms with Gasteiger partial charge < -0.3 is 20.3 Å². The number of methoxy groups -OCH3 is 1. The zero-order valence-corrected chi connectivity index (χ0v) is 28.2. The van der Waals surface area contributed by atoms with Crippen LogP contribution in [0, 0.1) is 6.92 Å². The van der Waals surface area contributed by atoms with E-state index in [0.717, 1.165) is 18.2 Å². The number of ether oxygens (including phenoxy) is 1. The Kier molecular flexibility index (Phi) is 9.91. The molecule has 0 bridgehead atoms. The molecule has 0 atom stereocenters. The molecule has 0 saturated heterocycles. The first-order valence-electron chi connectivity index (χ1n) is 13.8. The van der Waals surface area contributed by atoms with Crippen LogP contribution in [0.4, 0.5) is 28.4 Å². The highest BCUT2D eigenvalue weighted by Gasteiger charge is 2.26. The lowest BCUT2D eigenvalue weighted by molar-refractivity contribution is 0.399. The molecule has 18 heteroatoms. The van der Waals surface area contributed by atoms with Crippen LogP contribution in [-0.4, -0.2) is 65.7 Å². The molecule has 47 heavy (non-hydrogen) atoms. The standard InChI is InChI=1S/C29H31N5O10S3/c1-6-45(37,38)25-15-23(35)22(13-24(25)44-5)33-31-20-11-8-17-18(29(20)36)9-10-19(30-4)28(17)34-32-21-14-26(46(39,40)7-2)27(12-16(21)3)47(41,42)43/h8-15,30,35-36H,6-7H2,1-5H3,(H,41,42,43)/b33-31+,34-32+. The van der Waals surface area contributed by atoms with Crippen LogP contribution in [-0.2, 0) is 29.8 Å². The molecule has 250 valence electrons. The first-order valence-corrected chi connectivity index (χ1v) is 18.5. The molecule has 4 N–H and O–H groups in total. The second-order valence-corrected chi connectivity index (χ2v) is 15.9. The van der Waals surface area contributed by atoms with Crippen molar-refractivity contribution in [2.45, 2.75) is 35.5 Å². The summed E-state index contributed by atoms with van der Waals surface area (Å²) in [6.07, 6.45) is 0. The van der Waals surface area contributed by atoms with Crippen molar-refractivity contribution in [1.82, 2.24) is 0 Å². The highest BCUT2D eigenvalue weighted by molar-refractivity contribution is 7.92. The lowest BCUT2D eigenvalue weighted by Gasteiger charge is -2.12. The molecule has 0 radical (unpaired) electrons. The number of aryl methyl sites for hydroxylation is 1. The van der Waals surface area contributed by atoms with Gasteiger partial charge in [-0.2, -0.15) is 13.5 Å². The molecule has 0 heterocycles. The largest absolute Gasteiger partial charge is 0.506 e. The van der Waals surface area contributed by atoms with Crippen molar-refractivity contribution in [3.63, 3.8) is 0 Å². The predicted octanol–water partition coefficient (Wildman–Crippen LogP) is 6.27. The van der Waals surface area contributed by atoms with Crippen molar-refractivity contribution in [1.29, 1.82) is 0 Å². The number of azo groups is 2. The maximum absolute atomic E-state index is 12.7. The second-order valence-electron chi connectivity index (χ2n) is 10.00. The molecule has 4 aromatic rings. The number of fused-ring (bicyclic) bond motifs is 1. The van der Waals surface area contributed by atoms with Gasteiger partial charge in [-0.05, 0) is 48.9 Å². The number of aromatic hydroxyl groups is 2. The van der Waals surface area contributed by atoms with E-state index in [2.05, 4.69) is 25.8 Å². The molecule has 0 spiro atoms. The normalized spacial score (nSPS) is 12.7. The summed E-state index contributed by atoms with van der Waals surface area (Å²) in [7, 11) is -9.78. The Morgan fingerprint density at radius 2 is 1.32 bits per heavy atom. The molecule has 0 amide bonds. The number of sulfone groups is 2. The van der Waals surface area contributed by atoms with Gasteiger partial charge in [-0.1, -0.05) is 13.8 Å². The van der Waals surface area contributed by atoms with Crippen molar-refractivity contribution >= 4 is 69.0 Å². The van der Waals surface area contributed by atoms with E-state index in [9.17, 15) is 40.0 Å². The predicted molar refractivity (Wildman–Crippen MR) is 175 cm³/mol. The molecular weight excluding hydrogens is 675 g/mol. The minimum absolute atomic E-state index is 0.00715. The first kappa shape index (κ1) is 35.2. The highest BCUT2D eigenvalue weighted by atomic mass is 32.2. The summed E-state index contributed by atoms with van der Waals surface area (Å²) in [6, 6.07) is 10.4. The number of nitrogens with zero attached hydrogens (tertiary/aromatic N) is 4. The lowest BCUT2D eigenvalue weighted by Crippen LogP contribution is -2.11. The number of nitrogens with one attached hydrogen (secondary N) is 1. The first-order chi connectivity index (χ1) is 22.0. The number of benzene rings is 4. The van der Waals surface area contributed by atoms with Crippen LogP contribution < -0.4 is 10.1 Å². The SMILES string of the molecule is CCS(=O)(=O)c1cc(O)c(/N=N/c2ccc3c(/N=N/c4cc(S(=O)(=O)CC)c(S(=O)(=O)O)cc4C)c(NC)ccc3c2O)cc1OC. The minimum Gasteiger partial charge on any atom is -0.506 e. The average molecular weight is 706 g/mol.